The van der Waals surface area contributed by atoms with E-state index in [1.165, 1.54) is 0 Å². The van der Waals surface area contributed by atoms with Crippen LogP contribution in [0.2, 0.25) is 0 Å². The van der Waals surface area contributed by atoms with Gasteiger partial charge in [-0.05, 0) is 0 Å². The Balaban J connectivity index is 2.75. The fourth-order valence-electron chi connectivity index (χ4n) is 1.57. The van der Waals surface area contributed by atoms with Crippen molar-refractivity contribution in [3.8, 4) is 0 Å². The molecule has 0 amide bonds. The van der Waals surface area contributed by atoms with Crippen molar-refractivity contribution in [1.29, 1.82) is 0 Å². The quantitative estimate of drug-likeness (QED) is 0.625. The molecule has 0 aliphatic carbocycles. The van der Waals surface area contributed by atoms with E-state index in [9.17, 15) is 24.2 Å². The molecule has 5 unspecified atom stereocenters. The molecule has 0 saturated carbocycles. The van der Waals surface area contributed by atoms with Crippen LogP contribution in [0, 0.1) is 0 Å². The van der Waals surface area contributed by atoms with E-state index in [0.29, 0.717) is 0 Å². The molecule has 0 bridgehead atoms. The predicted octanol–water partition coefficient (Wildman–Crippen LogP) is -1.10. The lowest BCUT2D eigenvalue weighted by Crippen LogP contribution is -2.58. The lowest BCUT2D eigenvalue weighted by molar-refractivity contribution is -0.276. The third-order valence-corrected chi connectivity index (χ3v) is 2.37. The summed E-state index contributed by atoms with van der Waals surface area (Å²) in [7, 11) is 0. The number of alkyl halides is 1. The first-order valence-corrected chi connectivity index (χ1v) is 5.29. The highest BCUT2D eigenvalue weighted by Gasteiger charge is 2.47. The van der Waals surface area contributed by atoms with Crippen molar-refractivity contribution in [1.82, 2.24) is 0 Å². The van der Waals surface area contributed by atoms with E-state index in [-0.39, 0.29) is 6.61 Å². The SMILES string of the molecule is CC(=O)OCC1OC(O)C(F)C(O)C1OC(C)=O. The van der Waals surface area contributed by atoms with E-state index in [2.05, 4.69) is 4.74 Å². The summed E-state index contributed by atoms with van der Waals surface area (Å²) < 4.78 is 27.5. The number of carbonyl (C=O) groups excluding carboxylic acids is 2. The van der Waals surface area contributed by atoms with Gasteiger partial charge in [-0.15, -0.1) is 0 Å². The molecule has 0 aromatic rings. The van der Waals surface area contributed by atoms with E-state index in [4.69, 9.17) is 9.47 Å². The van der Waals surface area contributed by atoms with Gasteiger partial charge in [0.25, 0.3) is 0 Å². The van der Waals surface area contributed by atoms with Crippen molar-refractivity contribution in [2.24, 2.45) is 0 Å². The first-order chi connectivity index (χ1) is 8.32. The number of hydrogen-bond donors (Lipinski definition) is 2. The molecule has 1 aliphatic rings. The van der Waals surface area contributed by atoms with Crippen LogP contribution >= 0.6 is 0 Å². The van der Waals surface area contributed by atoms with Gasteiger partial charge in [-0.25, -0.2) is 4.39 Å². The van der Waals surface area contributed by atoms with Crippen LogP contribution in [0.1, 0.15) is 13.8 Å². The maximum atomic E-state index is 13.3. The zero-order valence-corrected chi connectivity index (χ0v) is 9.91. The molecule has 0 spiro atoms. The molecule has 0 aromatic carbocycles. The van der Waals surface area contributed by atoms with E-state index >= 15 is 0 Å². The maximum Gasteiger partial charge on any atom is 0.303 e. The van der Waals surface area contributed by atoms with Gasteiger partial charge in [0.05, 0.1) is 0 Å². The summed E-state index contributed by atoms with van der Waals surface area (Å²) in [6.45, 7) is 1.86. The normalized spacial score (nSPS) is 35.9. The molecule has 7 nitrogen and oxygen atoms in total. The summed E-state index contributed by atoms with van der Waals surface area (Å²) >= 11 is 0. The molecule has 1 saturated heterocycles. The molecule has 8 heteroatoms. The Morgan fingerprint density at radius 3 is 2.39 bits per heavy atom. The minimum absolute atomic E-state index is 0.367. The van der Waals surface area contributed by atoms with Crippen LogP contribution in [0.15, 0.2) is 0 Å². The van der Waals surface area contributed by atoms with Crippen molar-refractivity contribution < 1.29 is 38.4 Å². The van der Waals surface area contributed by atoms with Crippen LogP contribution < -0.4 is 0 Å². The van der Waals surface area contributed by atoms with Crippen LogP contribution in [0.3, 0.4) is 0 Å². The first-order valence-electron chi connectivity index (χ1n) is 5.29. The van der Waals surface area contributed by atoms with E-state index in [1.54, 1.807) is 0 Å². The summed E-state index contributed by atoms with van der Waals surface area (Å²) in [4.78, 5) is 21.5. The Morgan fingerprint density at radius 2 is 1.89 bits per heavy atom. The van der Waals surface area contributed by atoms with Crippen LogP contribution in [0.25, 0.3) is 0 Å². The van der Waals surface area contributed by atoms with E-state index in [0.717, 1.165) is 13.8 Å². The Bertz CT molecular complexity index is 321. The summed E-state index contributed by atoms with van der Waals surface area (Å²) in [5, 5.41) is 18.8. The summed E-state index contributed by atoms with van der Waals surface area (Å²) in [5.74, 6) is -1.37. The molecule has 1 heterocycles. The zero-order chi connectivity index (χ0) is 13.9. The number of ether oxygens (including phenoxy) is 3. The summed E-state index contributed by atoms with van der Waals surface area (Å²) in [6, 6.07) is 0. The van der Waals surface area contributed by atoms with Crippen molar-refractivity contribution in [3.63, 3.8) is 0 Å². The van der Waals surface area contributed by atoms with Crippen molar-refractivity contribution in [3.05, 3.63) is 0 Å². The van der Waals surface area contributed by atoms with Crippen LogP contribution in [0.4, 0.5) is 4.39 Å². The number of aliphatic hydroxyl groups is 2. The molecule has 5 atom stereocenters. The maximum absolute atomic E-state index is 13.3. The largest absolute Gasteiger partial charge is 0.463 e. The van der Waals surface area contributed by atoms with Gasteiger partial charge < -0.3 is 24.4 Å². The molecular formula is C10H15FO7. The number of esters is 2. The van der Waals surface area contributed by atoms with E-state index in [1.807, 2.05) is 0 Å². The van der Waals surface area contributed by atoms with Gasteiger partial charge in [0.1, 0.15) is 18.8 Å². The highest BCUT2D eigenvalue weighted by atomic mass is 19.1. The number of halogens is 1. The number of rotatable bonds is 3. The fourth-order valence-corrected chi connectivity index (χ4v) is 1.57. The lowest BCUT2D eigenvalue weighted by Gasteiger charge is -2.38. The van der Waals surface area contributed by atoms with Gasteiger partial charge in [0.2, 0.25) is 0 Å². The third kappa shape index (κ3) is 3.62. The molecule has 0 aromatic heterocycles. The molecular weight excluding hydrogens is 251 g/mol. The van der Waals surface area contributed by atoms with Crippen molar-refractivity contribution in [2.45, 2.75) is 44.6 Å². The Kier molecular flexibility index (Phi) is 5.00. The average Bonchev–Trinajstić information content (AvgIpc) is 2.27. The second-order valence-electron chi connectivity index (χ2n) is 3.88. The van der Waals surface area contributed by atoms with Gasteiger partial charge >= 0.3 is 11.9 Å². The molecule has 104 valence electrons. The topological polar surface area (TPSA) is 102 Å². The molecule has 1 aliphatic heterocycles. The monoisotopic (exact) mass is 266 g/mol. The Morgan fingerprint density at radius 1 is 1.28 bits per heavy atom. The molecule has 2 N–H and O–H groups in total. The van der Waals surface area contributed by atoms with Gasteiger partial charge in [0.15, 0.2) is 18.6 Å². The summed E-state index contributed by atoms with van der Waals surface area (Å²) in [5.41, 5.74) is 0. The number of hydrogen-bond acceptors (Lipinski definition) is 7. The predicted molar refractivity (Wildman–Crippen MR) is 54.0 cm³/mol. The minimum Gasteiger partial charge on any atom is -0.463 e. The Hall–Kier alpha value is -1.25. The van der Waals surface area contributed by atoms with Gasteiger partial charge in [-0.2, -0.15) is 0 Å². The molecule has 1 fully saturated rings. The molecule has 0 radical (unpaired) electrons. The first kappa shape index (κ1) is 14.8. The number of aliphatic hydroxyl groups excluding tert-OH is 2. The van der Waals surface area contributed by atoms with E-state index < -0.39 is 42.7 Å². The smallest absolute Gasteiger partial charge is 0.303 e. The highest BCUT2D eigenvalue weighted by molar-refractivity contribution is 5.66. The molecule has 18 heavy (non-hydrogen) atoms. The summed E-state index contributed by atoms with van der Waals surface area (Å²) in [6.07, 6.45) is -8.21. The van der Waals surface area contributed by atoms with Crippen molar-refractivity contribution in [2.75, 3.05) is 6.61 Å². The van der Waals surface area contributed by atoms with Crippen LogP contribution in [-0.4, -0.2) is 59.5 Å². The fraction of sp³-hybridized carbons (Fsp3) is 0.800. The van der Waals surface area contributed by atoms with Crippen LogP contribution in [-0.2, 0) is 23.8 Å². The van der Waals surface area contributed by atoms with Gasteiger partial charge in [-0.1, -0.05) is 0 Å². The zero-order valence-electron chi connectivity index (χ0n) is 9.91. The standard InChI is InChI=1S/C10H15FO7/c1-4(12)16-3-6-9(17-5(2)13)8(14)7(11)10(15)18-6/h6-10,14-15H,3H2,1-2H3. The number of carbonyl (C=O) groups is 2. The third-order valence-electron chi connectivity index (χ3n) is 2.37. The molecule has 1 rings (SSSR count). The Labute approximate surface area is 102 Å². The highest BCUT2D eigenvalue weighted by Crippen LogP contribution is 2.25. The lowest BCUT2D eigenvalue weighted by atomic mass is 10.00. The van der Waals surface area contributed by atoms with Gasteiger partial charge in [-0.3, -0.25) is 9.59 Å². The second kappa shape index (κ2) is 6.07. The second-order valence-corrected chi connectivity index (χ2v) is 3.88. The van der Waals surface area contributed by atoms with Crippen LogP contribution in [0.5, 0.6) is 0 Å². The van der Waals surface area contributed by atoms with Gasteiger partial charge in [0, 0.05) is 13.8 Å². The average molecular weight is 266 g/mol. The minimum atomic E-state index is -2.11. The van der Waals surface area contributed by atoms with Crippen molar-refractivity contribution >= 4 is 11.9 Å².